The van der Waals surface area contributed by atoms with E-state index in [1.165, 1.54) is 23.2 Å². The Labute approximate surface area is 239 Å². The molecule has 0 fully saturated rings. The minimum Gasteiger partial charge on any atom is -0.486 e. The third-order valence-corrected chi connectivity index (χ3v) is 8.29. The van der Waals surface area contributed by atoms with E-state index < -0.39 is 28.1 Å². The van der Waals surface area contributed by atoms with Gasteiger partial charge in [0.2, 0.25) is 0 Å². The number of hydrogen-bond donors (Lipinski definition) is 3. The number of carbonyl (C=O) groups excluding carboxylic acids is 1. The van der Waals surface area contributed by atoms with Crippen molar-refractivity contribution in [3.05, 3.63) is 71.7 Å². The number of benzene rings is 2. The zero-order valence-corrected chi connectivity index (χ0v) is 24.2. The molecule has 0 unspecified atom stereocenters. The summed E-state index contributed by atoms with van der Waals surface area (Å²) < 4.78 is 36.8. The van der Waals surface area contributed by atoms with Crippen molar-refractivity contribution in [2.45, 2.75) is 37.6 Å². The van der Waals surface area contributed by atoms with Gasteiger partial charge in [-0.25, -0.2) is 9.78 Å². The molecule has 220 valence electrons. The summed E-state index contributed by atoms with van der Waals surface area (Å²) in [6.45, 7) is 4.69. The number of likely N-dealkylation sites (N-methyl/N-ethyl adjacent to an activating group) is 1. The largest absolute Gasteiger partial charge is 0.486 e. The van der Waals surface area contributed by atoms with Gasteiger partial charge in [0.05, 0.1) is 35.8 Å². The second-order valence-electron chi connectivity index (χ2n) is 10.5. The normalized spacial score (nSPS) is 18.3. The predicted molar refractivity (Wildman–Crippen MR) is 151 cm³/mol. The molecule has 3 atom stereocenters. The number of aliphatic hydroxyl groups is 1. The molecule has 1 amide bonds. The summed E-state index contributed by atoms with van der Waals surface area (Å²) in [6, 6.07) is 10.8. The molecule has 0 bridgehead atoms. The lowest BCUT2D eigenvalue weighted by molar-refractivity contribution is 0.0343. The summed E-state index contributed by atoms with van der Waals surface area (Å²) >= 11 is 0. The van der Waals surface area contributed by atoms with E-state index in [1.54, 1.807) is 55.3 Å². The number of amides is 1. The number of carboxylic acid groups (broad SMARTS) is 1. The number of rotatable bonds is 10. The number of aryl methyl sites for hydroxylation is 1. The molecule has 0 saturated carbocycles. The predicted octanol–water partition coefficient (Wildman–Crippen LogP) is 2.27. The maximum absolute atomic E-state index is 13.7. The van der Waals surface area contributed by atoms with Gasteiger partial charge >= 0.3 is 5.97 Å². The SMILES string of the molecule is C[C@@H]1CN([C@@H](C)CO)C(=O)c2cccc(NS(=O)(=O)c3cn(C)cn3)c2O[C@H]1CN(C)Cc1ccc(C(=O)O)cc1. The van der Waals surface area contributed by atoms with E-state index in [0.717, 1.165) is 5.56 Å². The molecule has 3 aromatic rings. The molecule has 0 spiro atoms. The van der Waals surface area contributed by atoms with Crippen molar-refractivity contribution in [1.82, 2.24) is 19.4 Å². The summed E-state index contributed by atoms with van der Waals surface area (Å²) in [6.07, 6.45) is 2.27. The lowest BCUT2D eigenvalue weighted by Gasteiger charge is -2.38. The maximum Gasteiger partial charge on any atom is 0.335 e. The van der Waals surface area contributed by atoms with E-state index in [1.807, 2.05) is 18.9 Å². The highest BCUT2D eigenvalue weighted by Crippen LogP contribution is 2.36. The summed E-state index contributed by atoms with van der Waals surface area (Å²) in [5.74, 6) is -1.47. The zero-order valence-electron chi connectivity index (χ0n) is 23.4. The number of ether oxygens (including phenoxy) is 1. The van der Waals surface area contributed by atoms with E-state index in [2.05, 4.69) is 9.71 Å². The first-order valence-corrected chi connectivity index (χ1v) is 14.6. The van der Waals surface area contributed by atoms with Crippen LogP contribution in [-0.2, 0) is 23.6 Å². The van der Waals surface area contributed by atoms with Gasteiger partial charge in [-0.3, -0.25) is 14.4 Å². The van der Waals surface area contributed by atoms with Crippen molar-refractivity contribution >= 4 is 27.6 Å². The lowest BCUT2D eigenvalue weighted by atomic mass is 9.99. The number of nitrogens with zero attached hydrogens (tertiary/aromatic N) is 4. The Morgan fingerprint density at radius 2 is 1.95 bits per heavy atom. The molecule has 41 heavy (non-hydrogen) atoms. The van der Waals surface area contributed by atoms with Crippen molar-refractivity contribution in [2.75, 3.05) is 31.5 Å². The average Bonchev–Trinajstić information content (AvgIpc) is 3.38. The number of carboxylic acids is 1. The van der Waals surface area contributed by atoms with Crippen LogP contribution in [0.4, 0.5) is 5.69 Å². The van der Waals surface area contributed by atoms with Crippen molar-refractivity contribution in [3.63, 3.8) is 0 Å². The molecule has 0 aliphatic carbocycles. The molecule has 1 aliphatic rings. The molecule has 1 aromatic heterocycles. The molecule has 1 aliphatic heterocycles. The van der Waals surface area contributed by atoms with Crippen LogP contribution in [0.5, 0.6) is 5.75 Å². The number of sulfonamides is 1. The highest BCUT2D eigenvalue weighted by atomic mass is 32.2. The van der Waals surface area contributed by atoms with Crippen molar-refractivity contribution < 1.29 is 33.0 Å². The van der Waals surface area contributed by atoms with E-state index in [4.69, 9.17) is 4.74 Å². The number of aromatic carboxylic acids is 1. The van der Waals surface area contributed by atoms with E-state index in [9.17, 15) is 28.2 Å². The number of para-hydroxylation sites is 1. The molecule has 0 radical (unpaired) electrons. The van der Waals surface area contributed by atoms with Crippen LogP contribution >= 0.6 is 0 Å². The van der Waals surface area contributed by atoms with Gasteiger partial charge in [-0.2, -0.15) is 8.42 Å². The quantitative estimate of drug-likeness (QED) is 0.325. The highest BCUT2D eigenvalue weighted by Gasteiger charge is 2.35. The van der Waals surface area contributed by atoms with Crippen LogP contribution in [0.25, 0.3) is 0 Å². The van der Waals surface area contributed by atoms with Crippen LogP contribution < -0.4 is 9.46 Å². The molecule has 4 rings (SSSR count). The highest BCUT2D eigenvalue weighted by molar-refractivity contribution is 7.92. The van der Waals surface area contributed by atoms with Gasteiger partial charge in [-0.15, -0.1) is 0 Å². The second kappa shape index (κ2) is 12.3. The Balaban J connectivity index is 1.67. The minimum absolute atomic E-state index is 0.0999. The Morgan fingerprint density at radius 3 is 2.56 bits per heavy atom. The first-order valence-electron chi connectivity index (χ1n) is 13.1. The molecular weight excluding hydrogens is 550 g/mol. The Bertz CT molecular complexity index is 1510. The van der Waals surface area contributed by atoms with Gasteiger partial charge in [-0.05, 0) is 43.8 Å². The van der Waals surface area contributed by atoms with Crippen molar-refractivity contribution in [3.8, 4) is 5.75 Å². The average molecular weight is 586 g/mol. The lowest BCUT2D eigenvalue weighted by Crippen LogP contribution is -2.49. The van der Waals surface area contributed by atoms with Crippen molar-refractivity contribution in [2.24, 2.45) is 13.0 Å². The van der Waals surface area contributed by atoms with Gasteiger partial charge in [-0.1, -0.05) is 25.1 Å². The fraction of sp³-hybridized carbons (Fsp3) is 0.393. The first kappa shape index (κ1) is 30.0. The summed E-state index contributed by atoms with van der Waals surface area (Å²) in [5.41, 5.74) is 1.39. The monoisotopic (exact) mass is 585 g/mol. The van der Waals surface area contributed by atoms with Crippen molar-refractivity contribution in [1.29, 1.82) is 0 Å². The Hall–Kier alpha value is -3.94. The minimum atomic E-state index is -4.08. The van der Waals surface area contributed by atoms with Gasteiger partial charge in [0.25, 0.3) is 15.9 Å². The summed E-state index contributed by atoms with van der Waals surface area (Å²) in [7, 11) is -0.525. The number of imidazole rings is 1. The third-order valence-electron chi connectivity index (χ3n) is 7.04. The van der Waals surface area contributed by atoms with E-state index >= 15 is 0 Å². The van der Waals surface area contributed by atoms with Crippen LogP contribution in [-0.4, -0.2) is 88.7 Å². The zero-order chi connectivity index (χ0) is 29.9. The van der Waals surface area contributed by atoms with Gasteiger partial charge in [0.15, 0.2) is 10.8 Å². The van der Waals surface area contributed by atoms with Crippen LogP contribution in [0.1, 0.15) is 40.1 Å². The molecule has 13 heteroatoms. The standard InChI is InChI=1S/C28H35N5O7S/c1-18-12-33(19(2)16-34)27(35)22-6-5-7-23(30-41(38,39)25-15-32(4)17-29-25)26(22)40-24(18)14-31(3)13-20-8-10-21(11-9-20)28(36)37/h5-11,15,17-19,24,30,34H,12-14,16H2,1-4H3,(H,36,37)/t18-,19+,24+/m1/s1. The van der Waals surface area contributed by atoms with E-state index in [-0.39, 0.29) is 46.0 Å². The second-order valence-corrected chi connectivity index (χ2v) is 12.1. The number of anilines is 1. The number of hydrogen-bond acceptors (Lipinski definition) is 8. The number of nitrogens with one attached hydrogen (secondary N) is 1. The van der Waals surface area contributed by atoms with Gasteiger partial charge in [0, 0.05) is 38.8 Å². The Morgan fingerprint density at radius 1 is 1.24 bits per heavy atom. The molecule has 2 aromatic carbocycles. The third kappa shape index (κ3) is 6.87. The molecule has 3 N–H and O–H groups in total. The summed E-state index contributed by atoms with van der Waals surface area (Å²) in [4.78, 5) is 32.4. The van der Waals surface area contributed by atoms with Gasteiger partial charge in [0.1, 0.15) is 6.10 Å². The molecule has 2 heterocycles. The number of carbonyl (C=O) groups is 2. The fourth-order valence-electron chi connectivity index (χ4n) is 4.70. The molecule has 0 saturated heterocycles. The van der Waals surface area contributed by atoms with Crippen LogP contribution in [0.3, 0.4) is 0 Å². The fourth-order valence-corrected chi connectivity index (χ4v) is 5.75. The van der Waals surface area contributed by atoms with Crippen LogP contribution in [0.2, 0.25) is 0 Å². The number of aliphatic hydroxyl groups excluding tert-OH is 1. The Kier molecular flexibility index (Phi) is 9.00. The topological polar surface area (TPSA) is 154 Å². The number of aromatic nitrogens is 2. The van der Waals surface area contributed by atoms with E-state index in [0.29, 0.717) is 19.6 Å². The maximum atomic E-state index is 13.7. The van der Waals surface area contributed by atoms with Gasteiger partial charge < -0.3 is 24.4 Å². The first-order chi connectivity index (χ1) is 19.4. The van der Waals surface area contributed by atoms with Crippen LogP contribution in [0.15, 0.2) is 60.0 Å². The smallest absolute Gasteiger partial charge is 0.335 e. The number of fused-ring (bicyclic) bond motifs is 1. The molecular formula is C28H35N5O7S. The molecule has 12 nitrogen and oxygen atoms in total. The van der Waals surface area contributed by atoms with Crippen LogP contribution in [0, 0.1) is 5.92 Å². The summed E-state index contributed by atoms with van der Waals surface area (Å²) in [5, 5.41) is 18.9.